The third-order valence-electron chi connectivity index (χ3n) is 0.944. The standard InChI is InChI=1S/C4H5NO3/c6-2-1-3(7)5-4(2)8/h2,6H,1H2,(H,5,7,8)/t2-/m1/s1. The maximum absolute atomic E-state index is 10.2. The van der Waals surface area contributed by atoms with Crippen molar-refractivity contribution in [3.8, 4) is 0 Å². The maximum atomic E-state index is 10.2. The number of amides is 2. The van der Waals surface area contributed by atoms with Gasteiger partial charge in [0.05, 0.1) is 6.42 Å². The third-order valence-corrected chi connectivity index (χ3v) is 0.944. The first-order chi connectivity index (χ1) is 3.70. The number of carbonyl (C=O) groups is 2. The molecule has 1 fully saturated rings. The van der Waals surface area contributed by atoms with E-state index in [1.807, 2.05) is 5.32 Å². The summed E-state index contributed by atoms with van der Waals surface area (Å²) in [6, 6.07) is 0. The van der Waals surface area contributed by atoms with Crippen molar-refractivity contribution in [1.82, 2.24) is 5.32 Å². The van der Waals surface area contributed by atoms with Gasteiger partial charge in [0.25, 0.3) is 5.91 Å². The van der Waals surface area contributed by atoms with Crippen molar-refractivity contribution in [2.45, 2.75) is 12.5 Å². The van der Waals surface area contributed by atoms with Gasteiger partial charge in [0, 0.05) is 0 Å². The highest BCUT2D eigenvalue weighted by Crippen LogP contribution is 1.98. The number of rotatable bonds is 0. The van der Waals surface area contributed by atoms with Gasteiger partial charge in [-0.1, -0.05) is 0 Å². The van der Waals surface area contributed by atoms with E-state index in [2.05, 4.69) is 0 Å². The molecule has 0 aromatic rings. The number of hydrogen-bond donors (Lipinski definition) is 2. The second-order valence-corrected chi connectivity index (χ2v) is 1.63. The van der Waals surface area contributed by atoms with Crippen LogP contribution >= 0.6 is 0 Å². The van der Waals surface area contributed by atoms with Crippen LogP contribution in [0.1, 0.15) is 6.42 Å². The predicted octanol–water partition coefficient (Wildman–Crippen LogP) is -1.61. The fraction of sp³-hybridized carbons (Fsp3) is 0.500. The van der Waals surface area contributed by atoms with Crippen molar-refractivity contribution in [1.29, 1.82) is 0 Å². The van der Waals surface area contributed by atoms with E-state index in [4.69, 9.17) is 5.11 Å². The minimum Gasteiger partial charge on any atom is -0.383 e. The van der Waals surface area contributed by atoms with E-state index in [0.717, 1.165) is 0 Å². The molecule has 0 unspecified atom stereocenters. The van der Waals surface area contributed by atoms with E-state index in [0.29, 0.717) is 0 Å². The van der Waals surface area contributed by atoms with Crippen LogP contribution < -0.4 is 5.32 Å². The lowest BCUT2D eigenvalue weighted by molar-refractivity contribution is -0.127. The Morgan fingerprint density at radius 1 is 1.62 bits per heavy atom. The fourth-order valence-electron chi connectivity index (χ4n) is 0.540. The molecule has 1 rings (SSSR count). The van der Waals surface area contributed by atoms with Crippen LogP contribution in [0.25, 0.3) is 0 Å². The Labute approximate surface area is 45.5 Å². The Morgan fingerprint density at radius 3 is 2.38 bits per heavy atom. The number of carbonyl (C=O) groups excluding carboxylic acids is 2. The zero-order chi connectivity index (χ0) is 6.15. The van der Waals surface area contributed by atoms with E-state index in [-0.39, 0.29) is 6.42 Å². The summed E-state index contributed by atoms with van der Waals surface area (Å²) in [5.41, 5.74) is 0. The molecule has 0 spiro atoms. The number of imide groups is 1. The molecule has 2 N–H and O–H groups in total. The monoisotopic (exact) mass is 115 g/mol. The van der Waals surface area contributed by atoms with Gasteiger partial charge in [-0.25, -0.2) is 0 Å². The molecule has 2 amide bonds. The van der Waals surface area contributed by atoms with Gasteiger partial charge in [-0.2, -0.15) is 0 Å². The van der Waals surface area contributed by atoms with Gasteiger partial charge in [0.15, 0.2) is 0 Å². The smallest absolute Gasteiger partial charge is 0.255 e. The largest absolute Gasteiger partial charge is 0.383 e. The van der Waals surface area contributed by atoms with Gasteiger partial charge in [-0.15, -0.1) is 0 Å². The highest BCUT2D eigenvalue weighted by atomic mass is 16.3. The first kappa shape index (κ1) is 5.24. The fourth-order valence-corrected chi connectivity index (χ4v) is 0.540. The second kappa shape index (κ2) is 1.56. The van der Waals surface area contributed by atoms with Crippen LogP contribution in [0.15, 0.2) is 0 Å². The number of nitrogens with one attached hydrogen (secondary N) is 1. The first-order valence-electron chi connectivity index (χ1n) is 2.22. The lowest BCUT2D eigenvalue weighted by atomic mass is 10.3. The Bertz CT molecular complexity index is 142. The van der Waals surface area contributed by atoms with Crippen molar-refractivity contribution < 1.29 is 14.7 Å². The Kier molecular flexibility index (Phi) is 1.02. The van der Waals surface area contributed by atoms with Crippen LogP contribution in [-0.2, 0) is 9.59 Å². The molecule has 0 bridgehead atoms. The number of aliphatic hydroxyl groups excluding tert-OH is 1. The molecule has 0 aliphatic carbocycles. The summed E-state index contributed by atoms with van der Waals surface area (Å²) in [6.45, 7) is 0. The molecule has 4 nitrogen and oxygen atoms in total. The lowest BCUT2D eigenvalue weighted by Gasteiger charge is -1.88. The number of hydrogen-bond acceptors (Lipinski definition) is 3. The summed E-state index contributed by atoms with van der Waals surface area (Å²) in [5, 5.41) is 10.5. The van der Waals surface area contributed by atoms with Gasteiger partial charge < -0.3 is 5.11 Å². The average molecular weight is 115 g/mol. The summed E-state index contributed by atoms with van der Waals surface area (Å²) in [4.78, 5) is 20.4. The summed E-state index contributed by atoms with van der Waals surface area (Å²) < 4.78 is 0. The molecule has 0 saturated carbocycles. The average Bonchev–Trinajstić information content (AvgIpc) is 1.85. The van der Waals surface area contributed by atoms with Crippen molar-refractivity contribution in [3.63, 3.8) is 0 Å². The molecular formula is C4H5NO3. The van der Waals surface area contributed by atoms with E-state index in [1.165, 1.54) is 0 Å². The molecular weight excluding hydrogens is 110 g/mol. The predicted molar refractivity (Wildman–Crippen MR) is 23.8 cm³/mol. The number of aliphatic hydroxyl groups is 1. The summed E-state index contributed by atoms with van der Waals surface area (Å²) in [6.07, 6.45) is -1.19. The quantitative estimate of drug-likeness (QED) is 0.373. The van der Waals surface area contributed by atoms with Crippen LogP contribution in [0.2, 0.25) is 0 Å². The minimum atomic E-state index is -1.11. The molecule has 1 aliphatic heterocycles. The van der Waals surface area contributed by atoms with Crippen LogP contribution in [-0.4, -0.2) is 23.0 Å². The Morgan fingerprint density at radius 2 is 2.25 bits per heavy atom. The van der Waals surface area contributed by atoms with Crippen molar-refractivity contribution in [2.75, 3.05) is 0 Å². The SMILES string of the molecule is O=C1C[C@@H](O)C(=O)N1. The van der Waals surface area contributed by atoms with Gasteiger partial charge in [0.1, 0.15) is 6.10 Å². The highest BCUT2D eigenvalue weighted by Gasteiger charge is 2.27. The van der Waals surface area contributed by atoms with Gasteiger partial charge in [-0.05, 0) is 0 Å². The Balaban J connectivity index is 2.64. The Hall–Kier alpha value is -0.900. The molecule has 8 heavy (non-hydrogen) atoms. The lowest BCUT2D eigenvalue weighted by Crippen LogP contribution is -2.24. The molecule has 0 aromatic heterocycles. The molecule has 4 heteroatoms. The van der Waals surface area contributed by atoms with Crippen LogP contribution in [0.4, 0.5) is 0 Å². The molecule has 1 heterocycles. The molecule has 1 aliphatic rings. The summed E-state index contributed by atoms with van der Waals surface area (Å²) >= 11 is 0. The first-order valence-corrected chi connectivity index (χ1v) is 2.22. The van der Waals surface area contributed by atoms with Gasteiger partial charge in [0.2, 0.25) is 5.91 Å². The molecule has 1 atom stereocenters. The third kappa shape index (κ3) is 0.696. The van der Waals surface area contributed by atoms with Gasteiger partial charge >= 0.3 is 0 Å². The zero-order valence-electron chi connectivity index (χ0n) is 4.05. The van der Waals surface area contributed by atoms with Crippen LogP contribution in [0.3, 0.4) is 0 Å². The van der Waals surface area contributed by atoms with Crippen molar-refractivity contribution in [3.05, 3.63) is 0 Å². The normalized spacial score (nSPS) is 28.4. The van der Waals surface area contributed by atoms with E-state index in [1.54, 1.807) is 0 Å². The van der Waals surface area contributed by atoms with E-state index >= 15 is 0 Å². The van der Waals surface area contributed by atoms with Crippen LogP contribution in [0, 0.1) is 0 Å². The summed E-state index contributed by atoms with van der Waals surface area (Å²) in [7, 11) is 0. The van der Waals surface area contributed by atoms with Gasteiger partial charge in [-0.3, -0.25) is 14.9 Å². The topological polar surface area (TPSA) is 66.4 Å². The highest BCUT2D eigenvalue weighted by molar-refractivity contribution is 6.04. The maximum Gasteiger partial charge on any atom is 0.255 e. The van der Waals surface area contributed by atoms with Crippen molar-refractivity contribution in [2.24, 2.45) is 0 Å². The summed E-state index contributed by atoms with van der Waals surface area (Å²) in [5.74, 6) is -0.988. The van der Waals surface area contributed by atoms with Crippen LogP contribution in [0.5, 0.6) is 0 Å². The van der Waals surface area contributed by atoms with E-state index < -0.39 is 17.9 Å². The zero-order valence-corrected chi connectivity index (χ0v) is 4.05. The van der Waals surface area contributed by atoms with Crippen molar-refractivity contribution >= 4 is 11.8 Å². The molecule has 44 valence electrons. The second-order valence-electron chi connectivity index (χ2n) is 1.63. The molecule has 1 saturated heterocycles. The van der Waals surface area contributed by atoms with E-state index in [9.17, 15) is 9.59 Å². The molecule has 0 aromatic carbocycles. The molecule has 0 radical (unpaired) electrons. The minimum absolute atomic E-state index is 0.0845.